The van der Waals surface area contributed by atoms with Crippen LogP contribution in [0.15, 0.2) is 59.2 Å². The molecule has 0 saturated heterocycles. The highest BCUT2D eigenvalue weighted by Crippen LogP contribution is 2.38. The zero-order chi connectivity index (χ0) is 22.9. The van der Waals surface area contributed by atoms with Crippen LogP contribution in [0.25, 0.3) is 0 Å². The van der Waals surface area contributed by atoms with Crippen LogP contribution < -0.4 is 24.8 Å². The number of furan rings is 1. The van der Waals surface area contributed by atoms with Gasteiger partial charge in [-0.2, -0.15) is 0 Å². The van der Waals surface area contributed by atoms with Crippen molar-refractivity contribution in [2.24, 2.45) is 0 Å². The van der Waals surface area contributed by atoms with E-state index in [0.29, 0.717) is 42.3 Å². The number of methoxy groups -OCH3 is 3. The van der Waals surface area contributed by atoms with Crippen LogP contribution >= 0.6 is 0 Å². The molecule has 2 aromatic carbocycles. The summed E-state index contributed by atoms with van der Waals surface area (Å²) in [4.78, 5) is 24.5. The van der Waals surface area contributed by atoms with Gasteiger partial charge in [0.15, 0.2) is 17.3 Å². The molecule has 0 saturated carbocycles. The smallest absolute Gasteiger partial charge is 0.291 e. The summed E-state index contributed by atoms with van der Waals surface area (Å²) >= 11 is 0. The minimum atomic E-state index is -0.332. The van der Waals surface area contributed by atoms with E-state index in [1.165, 1.54) is 6.26 Å². The molecule has 168 valence electrons. The number of carbonyl (C=O) groups excluding carboxylic acids is 2. The molecule has 0 aliphatic rings. The number of benzene rings is 2. The average Bonchev–Trinajstić information content (AvgIpc) is 3.36. The third-order valence-corrected chi connectivity index (χ3v) is 4.78. The largest absolute Gasteiger partial charge is 0.493 e. The first kappa shape index (κ1) is 22.7. The first-order chi connectivity index (χ1) is 15.5. The maximum absolute atomic E-state index is 12.4. The van der Waals surface area contributed by atoms with Gasteiger partial charge in [0.1, 0.15) is 0 Å². The topological polar surface area (TPSA) is 99.0 Å². The summed E-state index contributed by atoms with van der Waals surface area (Å²) in [6.45, 7) is 0.346. The van der Waals surface area contributed by atoms with E-state index >= 15 is 0 Å². The van der Waals surface area contributed by atoms with Gasteiger partial charge < -0.3 is 29.3 Å². The third kappa shape index (κ3) is 5.81. The zero-order valence-electron chi connectivity index (χ0n) is 18.3. The van der Waals surface area contributed by atoms with Crippen molar-refractivity contribution in [1.29, 1.82) is 0 Å². The van der Waals surface area contributed by atoms with Crippen molar-refractivity contribution in [1.82, 2.24) is 5.32 Å². The van der Waals surface area contributed by atoms with Crippen LogP contribution in [0, 0.1) is 0 Å². The van der Waals surface area contributed by atoms with Crippen LogP contribution in [-0.4, -0.2) is 33.1 Å². The SMILES string of the molecule is COc1cc(CCC(=O)NCc2cccc(NC(=O)c3ccco3)c2)cc(OC)c1OC. The number of aryl methyl sites for hydroxylation is 1. The van der Waals surface area contributed by atoms with Crippen molar-refractivity contribution in [3.63, 3.8) is 0 Å². The summed E-state index contributed by atoms with van der Waals surface area (Å²) in [5, 5.41) is 5.67. The van der Waals surface area contributed by atoms with Gasteiger partial charge in [0.05, 0.1) is 27.6 Å². The minimum absolute atomic E-state index is 0.0937. The standard InChI is InChI=1S/C24H26N2O6/c1-29-20-13-16(14-21(30-2)23(20)31-3)9-10-22(27)25-15-17-6-4-7-18(12-17)26-24(28)19-8-5-11-32-19/h4-8,11-14H,9-10,15H2,1-3H3,(H,25,27)(H,26,28). The Kier molecular flexibility index (Phi) is 7.75. The van der Waals surface area contributed by atoms with Crippen LogP contribution in [0.2, 0.25) is 0 Å². The van der Waals surface area contributed by atoms with Gasteiger partial charge in [-0.05, 0) is 53.9 Å². The normalized spacial score (nSPS) is 10.3. The summed E-state index contributed by atoms with van der Waals surface area (Å²) in [5.41, 5.74) is 2.39. The molecule has 1 aromatic heterocycles. The Hall–Kier alpha value is -3.94. The van der Waals surface area contributed by atoms with Crippen molar-refractivity contribution in [2.45, 2.75) is 19.4 Å². The number of hydrogen-bond donors (Lipinski definition) is 2. The first-order valence-corrected chi connectivity index (χ1v) is 10.0. The molecule has 0 atom stereocenters. The van der Waals surface area contributed by atoms with Gasteiger partial charge in [0.2, 0.25) is 11.7 Å². The molecule has 1 heterocycles. The van der Waals surface area contributed by atoms with Crippen molar-refractivity contribution in [3.05, 3.63) is 71.7 Å². The molecular weight excluding hydrogens is 412 g/mol. The summed E-state index contributed by atoms with van der Waals surface area (Å²) in [6.07, 6.45) is 2.26. The minimum Gasteiger partial charge on any atom is -0.493 e. The van der Waals surface area contributed by atoms with Crippen LogP contribution in [0.3, 0.4) is 0 Å². The Morgan fingerprint density at radius 1 is 0.906 bits per heavy atom. The first-order valence-electron chi connectivity index (χ1n) is 10.0. The fourth-order valence-corrected chi connectivity index (χ4v) is 3.19. The van der Waals surface area contributed by atoms with Crippen LogP contribution in [0.4, 0.5) is 5.69 Å². The Morgan fingerprint density at radius 2 is 1.66 bits per heavy atom. The molecule has 0 aliphatic heterocycles. The summed E-state index contributed by atoms with van der Waals surface area (Å²) in [5.74, 6) is 1.43. The van der Waals surface area contributed by atoms with E-state index in [2.05, 4.69) is 10.6 Å². The average molecular weight is 438 g/mol. The van der Waals surface area contributed by atoms with E-state index in [4.69, 9.17) is 18.6 Å². The second kappa shape index (κ2) is 10.9. The molecule has 0 unspecified atom stereocenters. The van der Waals surface area contributed by atoms with Crippen molar-refractivity contribution >= 4 is 17.5 Å². The molecule has 2 amide bonds. The van der Waals surface area contributed by atoms with E-state index in [-0.39, 0.29) is 17.6 Å². The van der Waals surface area contributed by atoms with Gasteiger partial charge in [-0.25, -0.2) is 0 Å². The van der Waals surface area contributed by atoms with E-state index in [1.54, 1.807) is 45.6 Å². The molecule has 3 rings (SSSR count). The lowest BCUT2D eigenvalue weighted by Crippen LogP contribution is -2.23. The predicted molar refractivity (Wildman–Crippen MR) is 119 cm³/mol. The van der Waals surface area contributed by atoms with Crippen molar-refractivity contribution in [3.8, 4) is 17.2 Å². The van der Waals surface area contributed by atoms with Crippen LogP contribution in [0.5, 0.6) is 17.2 Å². The number of rotatable bonds is 10. The lowest BCUT2D eigenvalue weighted by molar-refractivity contribution is -0.121. The van der Waals surface area contributed by atoms with E-state index in [1.807, 2.05) is 24.3 Å². The Bertz CT molecular complexity index is 1040. The maximum Gasteiger partial charge on any atom is 0.291 e. The second-order valence-corrected chi connectivity index (χ2v) is 6.94. The molecular formula is C24H26N2O6. The Balaban J connectivity index is 1.54. The van der Waals surface area contributed by atoms with Crippen LogP contribution in [0.1, 0.15) is 28.1 Å². The van der Waals surface area contributed by atoms with Gasteiger partial charge in [0, 0.05) is 18.7 Å². The Labute approximate surface area is 186 Å². The highest BCUT2D eigenvalue weighted by atomic mass is 16.5. The molecule has 8 nitrogen and oxygen atoms in total. The molecule has 0 radical (unpaired) electrons. The molecule has 32 heavy (non-hydrogen) atoms. The highest BCUT2D eigenvalue weighted by molar-refractivity contribution is 6.02. The lowest BCUT2D eigenvalue weighted by atomic mass is 10.1. The summed E-state index contributed by atoms with van der Waals surface area (Å²) in [6, 6.07) is 14.2. The van der Waals surface area contributed by atoms with Gasteiger partial charge in [-0.1, -0.05) is 12.1 Å². The van der Waals surface area contributed by atoms with E-state index in [0.717, 1.165) is 11.1 Å². The lowest BCUT2D eigenvalue weighted by Gasteiger charge is -2.14. The van der Waals surface area contributed by atoms with Crippen molar-refractivity contribution in [2.75, 3.05) is 26.6 Å². The van der Waals surface area contributed by atoms with Gasteiger partial charge in [-0.15, -0.1) is 0 Å². The van der Waals surface area contributed by atoms with Gasteiger partial charge in [-0.3, -0.25) is 9.59 Å². The van der Waals surface area contributed by atoms with E-state index < -0.39 is 0 Å². The predicted octanol–water partition coefficient (Wildman–Crippen LogP) is 3.81. The zero-order valence-corrected chi connectivity index (χ0v) is 18.3. The third-order valence-electron chi connectivity index (χ3n) is 4.78. The number of ether oxygens (including phenoxy) is 3. The van der Waals surface area contributed by atoms with E-state index in [9.17, 15) is 9.59 Å². The molecule has 0 bridgehead atoms. The highest BCUT2D eigenvalue weighted by Gasteiger charge is 2.14. The monoisotopic (exact) mass is 438 g/mol. The quantitative estimate of drug-likeness (QED) is 0.500. The number of amides is 2. The molecule has 0 spiro atoms. The molecule has 0 fully saturated rings. The molecule has 8 heteroatoms. The number of nitrogens with one attached hydrogen (secondary N) is 2. The van der Waals surface area contributed by atoms with Crippen LogP contribution in [-0.2, 0) is 17.8 Å². The molecule has 3 aromatic rings. The molecule has 2 N–H and O–H groups in total. The van der Waals surface area contributed by atoms with Gasteiger partial charge >= 0.3 is 0 Å². The fraction of sp³-hybridized carbons (Fsp3) is 0.250. The molecule has 0 aliphatic carbocycles. The Morgan fingerprint density at radius 3 is 2.28 bits per heavy atom. The number of carbonyl (C=O) groups is 2. The summed E-state index contributed by atoms with van der Waals surface area (Å²) < 4.78 is 21.1. The fourth-order valence-electron chi connectivity index (χ4n) is 3.19. The van der Waals surface area contributed by atoms with Crippen molar-refractivity contribution < 1.29 is 28.2 Å². The maximum atomic E-state index is 12.4. The second-order valence-electron chi connectivity index (χ2n) is 6.94. The van der Waals surface area contributed by atoms with Gasteiger partial charge in [0.25, 0.3) is 5.91 Å². The summed E-state index contributed by atoms with van der Waals surface area (Å²) in [7, 11) is 4.66. The number of anilines is 1. The number of hydrogen-bond acceptors (Lipinski definition) is 6.